The van der Waals surface area contributed by atoms with Crippen LogP contribution in [0.15, 0.2) is 60.8 Å². The predicted molar refractivity (Wildman–Crippen MR) is 270 cm³/mol. The van der Waals surface area contributed by atoms with E-state index in [-0.39, 0.29) is 19.6 Å². The van der Waals surface area contributed by atoms with E-state index in [2.05, 4.69) is 74.6 Å². The third-order valence-electron chi connectivity index (χ3n) is 12.5. The van der Waals surface area contributed by atoms with Crippen molar-refractivity contribution in [2.75, 3.05) is 33.0 Å². The van der Waals surface area contributed by atoms with Crippen molar-refractivity contribution < 1.29 is 69.0 Å². The van der Waals surface area contributed by atoms with Crippen molar-refractivity contribution in [1.82, 2.24) is 0 Å². The van der Waals surface area contributed by atoms with Gasteiger partial charge in [0.15, 0.2) is 12.6 Å². The summed E-state index contributed by atoms with van der Waals surface area (Å²) in [7, 11) is 0. The van der Waals surface area contributed by atoms with Crippen LogP contribution in [0.3, 0.4) is 0 Å². The number of aliphatic hydroxyl groups is 7. The molecule has 0 aromatic carbocycles. The van der Waals surface area contributed by atoms with Crippen LogP contribution in [-0.4, -0.2) is 142 Å². The van der Waals surface area contributed by atoms with Crippen molar-refractivity contribution in [2.24, 2.45) is 0 Å². The zero-order valence-electron chi connectivity index (χ0n) is 42.5. The third-order valence-corrected chi connectivity index (χ3v) is 12.5. The molecule has 0 aromatic rings. The summed E-state index contributed by atoms with van der Waals surface area (Å²) in [5.41, 5.74) is 0. The van der Waals surface area contributed by atoms with Crippen LogP contribution >= 0.6 is 0 Å². The van der Waals surface area contributed by atoms with E-state index in [1.54, 1.807) is 0 Å². The second-order valence-corrected chi connectivity index (χ2v) is 18.7. The van der Waals surface area contributed by atoms with E-state index in [1.165, 1.54) is 57.8 Å². The van der Waals surface area contributed by atoms with Crippen molar-refractivity contribution in [3.05, 3.63) is 60.8 Å². The largest absolute Gasteiger partial charge is 0.457 e. The Balaban J connectivity index is 1.76. The summed E-state index contributed by atoms with van der Waals surface area (Å²) < 4.78 is 34.3. The average molecular weight is 981 g/mol. The molecule has 0 aromatic heterocycles. The highest BCUT2D eigenvalue weighted by Crippen LogP contribution is 2.26. The summed E-state index contributed by atoms with van der Waals surface area (Å²) in [6, 6.07) is 0. The lowest BCUT2D eigenvalue weighted by Crippen LogP contribution is -2.61. The summed E-state index contributed by atoms with van der Waals surface area (Å²) >= 11 is 0. The molecule has 0 aliphatic carbocycles. The molecular formula is C55H96O14. The first-order chi connectivity index (χ1) is 33.6. The van der Waals surface area contributed by atoms with E-state index in [9.17, 15) is 40.5 Å². The Bertz CT molecular complexity index is 1370. The number of rotatable bonds is 42. The standard InChI is InChI=1S/C55H96O14/c1-3-5-7-9-11-13-15-17-19-20-21-22-23-25-27-29-31-33-35-37-39-64-41-44(67-47(57)38-36-34-32-30-28-26-24-18-16-14-12-10-8-6-4-2)42-65-54-53(63)51(61)49(59)46(69-54)43-66-55-52(62)50(60)48(58)45(40-56)68-55/h5,7,11,13,17-19,21-22,24,44-46,48-56,58-63H,3-4,6,8-10,12,14-16,20,23,25-43H2,1-2H3/b7-5-,13-11-,19-17-,22-21-,24-18-. The van der Waals surface area contributed by atoms with Gasteiger partial charge in [0, 0.05) is 13.0 Å². The number of hydrogen-bond donors (Lipinski definition) is 7. The summed E-state index contributed by atoms with van der Waals surface area (Å²) in [6.45, 7) is 3.53. The molecule has 2 aliphatic heterocycles. The van der Waals surface area contributed by atoms with Crippen LogP contribution in [0.2, 0.25) is 0 Å². The number of allylic oxidation sites excluding steroid dienone is 10. The summed E-state index contributed by atoms with van der Waals surface area (Å²) in [5, 5.41) is 72.2. The maximum atomic E-state index is 13.0. The maximum Gasteiger partial charge on any atom is 0.306 e. The first-order valence-corrected chi connectivity index (χ1v) is 26.9. The summed E-state index contributed by atoms with van der Waals surface area (Å²) in [6.07, 6.45) is 34.2. The van der Waals surface area contributed by atoms with Crippen LogP contribution < -0.4 is 0 Å². The van der Waals surface area contributed by atoms with Crippen LogP contribution in [0.4, 0.5) is 0 Å². The molecule has 0 bridgehead atoms. The van der Waals surface area contributed by atoms with Gasteiger partial charge in [-0.15, -0.1) is 0 Å². The number of ether oxygens (including phenoxy) is 6. The Labute approximate surface area is 415 Å². The number of unbranched alkanes of at least 4 members (excludes halogenated alkanes) is 18. The Hall–Kier alpha value is -2.31. The molecule has 2 heterocycles. The summed E-state index contributed by atoms with van der Waals surface area (Å²) in [4.78, 5) is 13.0. The quantitative estimate of drug-likeness (QED) is 0.0174. The van der Waals surface area contributed by atoms with Gasteiger partial charge in [-0.25, -0.2) is 0 Å². The number of esters is 1. The number of hydrogen-bond acceptors (Lipinski definition) is 14. The molecule has 0 amide bonds. The molecule has 0 saturated carbocycles. The molecule has 0 radical (unpaired) electrons. The molecule has 69 heavy (non-hydrogen) atoms. The molecule has 2 fully saturated rings. The van der Waals surface area contributed by atoms with Crippen LogP contribution in [0, 0.1) is 0 Å². The van der Waals surface area contributed by atoms with Gasteiger partial charge in [-0.3, -0.25) is 4.79 Å². The molecule has 400 valence electrons. The van der Waals surface area contributed by atoms with E-state index in [0.717, 1.165) is 96.3 Å². The minimum absolute atomic E-state index is 0.0487. The number of carbonyl (C=O) groups is 1. The zero-order chi connectivity index (χ0) is 50.2. The Morgan fingerprint density at radius 1 is 0.493 bits per heavy atom. The average Bonchev–Trinajstić information content (AvgIpc) is 3.35. The molecule has 2 saturated heterocycles. The lowest BCUT2D eigenvalue weighted by atomic mass is 9.98. The van der Waals surface area contributed by atoms with Crippen LogP contribution in [0.1, 0.15) is 181 Å². The first kappa shape index (κ1) is 62.8. The van der Waals surface area contributed by atoms with Crippen molar-refractivity contribution in [2.45, 2.75) is 248 Å². The van der Waals surface area contributed by atoms with E-state index in [1.807, 2.05) is 0 Å². The van der Waals surface area contributed by atoms with Crippen LogP contribution in [0.25, 0.3) is 0 Å². The van der Waals surface area contributed by atoms with E-state index in [4.69, 9.17) is 28.4 Å². The molecule has 14 nitrogen and oxygen atoms in total. The van der Waals surface area contributed by atoms with E-state index < -0.39 is 86.7 Å². The highest BCUT2D eigenvalue weighted by Gasteiger charge is 2.47. The fraction of sp³-hybridized carbons (Fsp3) is 0.800. The SMILES string of the molecule is CC/C=C\C/C=C\C/C=C\C/C=C\CCCCCCCCCOCC(COC1OC(COC2OC(CO)C(O)C(O)C2O)C(O)C(O)C1O)OC(=O)CCCCCCC/C=C\CCCCCCCC. The normalized spacial score (nSPS) is 26.2. The van der Waals surface area contributed by atoms with Gasteiger partial charge < -0.3 is 64.2 Å². The van der Waals surface area contributed by atoms with Crippen molar-refractivity contribution >= 4 is 5.97 Å². The van der Waals surface area contributed by atoms with Gasteiger partial charge in [-0.2, -0.15) is 0 Å². The topological polar surface area (TPSA) is 214 Å². The van der Waals surface area contributed by atoms with Gasteiger partial charge in [0.2, 0.25) is 0 Å². The molecule has 2 aliphatic rings. The van der Waals surface area contributed by atoms with Gasteiger partial charge in [0.25, 0.3) is 0 Å². The molecule has 11 unspecified atom stereocenters. The van der Waals surface area contributed by atoms with Gasteiger partial charge in [-0.1, -0.05) is 158 Å². The second-order valence-electron chi connectivity index (χ2n) is 18.7. The predicted octanol–water partition coefficient (Wildman–Crippen LogP) is 8.52. The lowest BCUT2D eigenvalue weighted by molar-refractivity contribution is -0.332. The van der Waals surface area contributed by atoms with Crippen molar-refractivity contribution in [3.63, 3.8) is 0 Å². The summed E-state index contributed by atoms with van der Waals surface area (Å²) in [5.74, 6) is -0.391. The van der Waals surface area contributed by atoms with Crippen molar-refractivity contribution in [3.8, 4) is 0 Å². The molecule has 0 spiro atoms. The Morgan fingerprint density at radius 2 is 0.942 bits per heavy atom. The van der Waals surface area contributed by atoms with Gasteiger partial charge in [0.1, 0.15) is 54.9 Å². The van der Waals surface area contributed by atoms with E-state index in [0.29, 0.717) is 13.0 Å². The zero-order valence-corrected chi connectivity index (χ0v) is 42.5. The van der Waals surface area contributed by atoms with Crippen LogP contribution in [-0.2, 0) is 33.2 Å². The fourth-order valence-corrected chi connectivity index (χ4v) is 8.15. The Kier molecular flexibility index (Phi) is 38.4. The molecule has 14 heteroatoms. The third kappa shape index (κ3) is 29.7. The Morgan fingerprint density at radius 3 is 1.49 bits per heavy atom. The first-order valence-electron chi connectivity index (χ1n) is 26.9. The monoisotopic (exact) mass is 981 g/mol. The highest BCUT2D eigenvalue weighted by molar-refractivity contribution is 5.69. The van der Waals surface area contributed by atoms with Gasteiger partial charge in [0.05, 0.1) is 26.4 Å². The number of aliphatic hydroxyl groups excluding tert-OH is 7. The smallest absolute Gasteiger partial charge is 0.306 e. The van der Waals surface area contributed by atoms with Gasteiger partial charge in [-0.05, 0) is 77.0 Å². The molecule has 11 atom stereocenters. The minimum atomic E-state index is -1.71. The minimum Gasteiger partial charge on any atom is -0.457 e. The van der Waals surface area contributed by atoms with E-state index >= 15 is 0 Å². The second kappa shape index (κ2) is 42.2. The van der Waals surface area contributed by atoms with Crippen molar-refractivity contribution in [1.29, 1.82) is 0 Å². The maximum absolute atomic E-state index is 13.0. The number of carbonyl (C=O) groups excluding carboxylic acids is 1. The van der Waals surface area contributed by atoms with Crippen LogP contribution in [0.5, 0.6) is 0 Å². The van der Waals surface area contributed by atoms with Gasteiger partial charge >= 0.3 is 5.97 Å². The lowest BCUT2D eigenvalue weighted by Gasteiger charge is -2.42. The highest BCUT2D eigenvalue weighted by atomic mass is 16.7. The molecular weight excluding hydrogens is 885 g/mol. The molecule has 2 rings (SSSR count). The molecule has 7 N–H and O–H groups in total. The fourth-order valence-electron chi connectivity index (χ4n) is 8.15.